The number of alkyl halides is 3. The van der Waals surface area contributed by atoms with E-state index in [9.17, 15) is 27.9 Å². The van der Waals surface area contributed by atoms with Gasteiger partial charge < -0.3 is 14.7 Å². The van der Waals surface area contributed by atoms with E-state index in [1.165, 1.54) is 18.2 Å². The summed E-state index contributed by atoms with van der Waals surface area (Å²) in [7, 11) is 1.15. The van der Waals surface area contributed by atoms with Crippen LogP contribution in [0.15, 0.2) is 79.1 Å². The number of ether oxygens (including phenoxy) is 1. The molecule has 0 aliphatic carbocycles. The lowest BCUT2D eigenvalue weighted by Gasteiger charge is -2.28. The first-order valence-corrected chi connectivity index (χ1v) is 10.6. The first kappa shape index (κ1) is 25.6. The van der Waals surface area contributed by atoms with Crippen LogP contribution in [0.4, 0.5) is 13.2 Å². The Balaban J connectivity index is 1.82. The number of aliphatic hydroxyl groups excluding tert-OH is 1. The molecule has 0 bridgehead atoms. The quantitative estimate of drug-likeness (QED) is 0.380. The summed E-state index contributed by atoms with van der Waals surface area (Å²) in [4.78, 5) is 30.3. The van der Waals surface area contributed by atoms with Crippen LogP contribution in [0.3, 0.4) is 0 Å². The van der Waals surface area contributed by atoms with Crippen LogP contribution in [-0.2, 0) is 27.0 Å². The van der Waals surface area contributed by atoms with Crippen LogP contribution in [0.2, 0.25) is 0 Å². The molecule has 9 heteroatoms. The van der Waals surface area contributed by atoms with Crippen molar-refractivity contribution in [1.29, 1.82) is 0 Å². The van der Waals surface area contributed by atoms with Gasteiger partial charge in [-0.3, -0.25) is 9.78 Å². The van der Waals surface area contributed by atoms with Crippen LogP contribution in [0.5, 0.6) is 0 Å². The smallest absolute Gasteiger partial charge is 0.416 e. The molecule has 3 rings (SSSR count). The number of methoxy groups -OCH3 is 1. The second-order valence-electron chi connectivity index (χ2n) is 7.57. The van der Waals surface area contributed by atoms with E-state index in [1.807, 2.05) is 24.3 Å². The van der Waals surface area contributed by atoms with Crippen LogP contribution in [0, 0.1) is 0 Å². The van der Waals surface area contributed by atoms with E-state index in [1.54, 1.807) is 24.5 Å². The van der Waals surface area contributed by atoms with Gasteiger partial charge in [-0.1, -0.05) is 36.4 Å². The largest absolute Gasteiger partial charge is 0.467 e. The number of aromatic nitrogens is 1. The summed E-state index contributed by atoms with van der Waals surface area (Å²) in [6.07, 6.45) is 1.37. The minimum atomic E-state index is -4.46. The van der Waals surface area contributed by atoms with E-state index in [4.69, 9.17) is 4.74 Å². The molecule has 1 heterocycles. The molecule has 1 atom stereocenters. The number of carbonyl (C=O) groups excluding carboxylic acids is 2. The lowest BCUT2D eigenvalue weighted by atomic mass is 10.0. The fourth-order valence-electron chi connectivity index (χ4n) is 3.37. The Morgan fingerprint density at radius 2 is 1.60 bits per heavy atom. The SMILES string of the molecule is COC(=O)[C@H](CO)N(Cc1ccc(-c2ccncc2)cc1)C(=O)C=Cc1ccc(C(F)(F)F)cc1. The van der Waals surface area contributed by atoms with Crippen molar-refractivity contribution in [1.82, 2.24) is 9.88 Å². The Hall–Kier alpha value is -3.98. The predicted molar refractivity (Wildman–Crippen MR) is 124 cm³/mol. The minimum Gasteiger partial charge on any atom is -0.467 e. The molecule has 0 unspecified atom stereocenters. The number of halogens is 3. The molecule has 0 aliphatic rings. The molecule has 3 aromatic rings. The lowest BCUT2D eigenvalue weighted by molar-refractivity contribution is -0.153. The van der Waals surface area contributed by atoms with Crippen LogP contribution >= 0.6 is 0 Å². The molecule has 1 N–H and O–H groups in total. The molecule has 0 radical (unpaired) electrons. The molecule has 0 saturated heterocycles. The summed E-state index contributed by atoms with van der Waals surface area (Å²) >= 11 is 0. The number of nitrogens with zero attached hydrogens (tertiary/aromatic N) is 2. The number of benzene rings is 2. The third kappa shape index (κ3) is 6.77. The zero-order valence-electron chi connectivity index (χ0n) is 18.8. The Kier molecular flexibility index (Phi) is 8.38. The van der Waals surface area contributed by atoms with Crippen LogP contribution in [-0.4, -0.2) is 46.6 Å². The zero-order chi connectivity index (χ0) is 25.4. The molecule has 0 aliphatic heterocycles. The summed E-state index contributed by atoms with van der Waals surface area (Å²) < 4.78 is 43.0. The normalized spacial score (nSPS) is 12.4. The molecule has 6 nitrogen and oxygen atoms in total. The maximum Gasteiger partial charge on any atom is 0.416 e. The van der Waals surface area contributed by atoms with Crippen molar-refractivity contribution in [3.63, 3.8) is 0 Å². The second kappa shape index (κ2) is 11.4. The van der Waals surface area contributed by atoms with E-state index in [2.05, 4.69) is 4.98 Å². The van der Waals surface area contributed by atoms with Gasteiger partial charge in [-0.25, -0.2) is 4.79 Å². The fraction of sp³-hybridized carbons (Fsp3) is 0.192. The third-order valence-electron chi connectivity index (χ3n) is 5.28. The Labute approximate surface area is 200 Å². The molecular weight excluding hydrogens is 461 g/mol. The van der Waals surface area contributed by atoms with E-state index in [0.717, 1.165) is 41.3 Å². The number of carbonyl (C=O) groups is 2. The van der Waals surface area contributed by atoms with Crippen LogP contribution in [0.1, 0.15) is 16.7 Å². The van der Waals surface area contributed by atoms with Gasteiger partial charge in [0.1, 0.15) is 0 Å². The molecule has 2 aromatic carbocycles. The van der Waals surface area contributed by atoms with Gasteiger partial charge in [0, 0.05) is 25.0 Å². The fourth-order valence-corrected chi connectivity index (χ4v) is 3.37. The molecule has 182 valence electrons. The number of pyridine rings is 1. The predicted octanol–water partition coefficient (Wildman–Crippen LogP) is 4.34. The Bertz CT molecular complexity index is 1160. The second-order valence-corrected chi connectivity index (χ2v) is 7.57. The summed E-state index contributed by atoms with van der Waals surface area (Å²) in [5.41, 5.74) is 2.15. The molecule has 0 spiro atoms. The van der Waals surface area contributed by atoms with Gasteiger partial charge in [-0.05, 0) is 52.6 Å². The molecule has 1 amide bonds. The van der Waals surface area contributed by atoms with Gasteiger partial charge in [0.05, 0.1) is 19.3 Å². The monoisotopic (exact) mass is 484 g/mol. The summed E-state index contributed by atoms with van der Waals surface area (Å²) in [5, 5.41) is 9.78. The highest BCUT2D eigenvalue weighted by atomic mass is 19.4. The number of hydrogen-bond donors (Lipinski definition) is 1. The lowest BCUT2D eigenvalue weighted by Crippen LogP contribution is -2.46. The van der Waals surface area contributed by atoms with E-state index in [0.29, 0.717) is 11.1 Å². The van der Waals surface area contributed by atoms with Crippen molar-refractivity contribution in [2.75, 3.05) is 13.7 Å². The number of hydrogen-bond acceptors (Lipinski definition) is 5. The van der Waals surface area contributed by atoms with Crippen LogP contribution < -0.4 is 0 Å². The Morgan fingerprint density at radius 3 is 2.14 bits per heavy atom. The Morgan fingerprint density at radius 1 is 1.00 bits per heavy atom. The summed E-state index contributed by atoms with van der Waals surface area (Å²) in [6.45, 7) is -0.672. The van der Waals surface area contributed by atoms with Crippen LogP contribution in [0.25, 0.3) is 17.2 Å². The molecular formula is C26H23F3N2O4. The van der Waals surface area contributed by atoms with Crippen molar-refractivity contribution in [3.05, 3.63) is 95.8 Å². The van der Waals surface area contributed by atoms with Gasteiger partial charge in [0.25, 0.3) is 0 Å². The maximum absolute atomic E-state index is 13.0. The molecule has 0 fully saturated rings. The highest BCUT2D eigenvalue weighted by molar-refractivity contribution is 5.94. The van der Waals surface area contributed by atoms with Crippen molar-refractivity contribution >= 4 is 18.0 Å². The molecule has 1 aromatic heterocycles. The first-order chi connectivity index (χ1) is 16.7. The van der Waals surface area contributed by atoms with Crippen molar-refractivity contribution in [2.45, 2.75) is 18.8 Å². The number of esters is 1. The molecule has 35 heavy (non-hydrogen) atoms. The van der Waals surface area contributed by atoms with Crippen molar-refractivity contribution in [2.24, 2.45) is 0 Å². The average molecular weight is 484 g/mol. The molecule has 0 saturated carbocycles. The zero-order valence-corrected chi connectivity index (χ0v) is 18.8. The number of aliphatic hydroxyl groups is 1. The van der Waals surface area contributed by atoms with E-state index >= 15 is 0 Å². The van der Waals surface area contributed by atoms with Gasteiger partial charge in [-0.2, -0.15) is 13.2 Å². The van der Waals surface area contributed by atoms with Gasteiger partial charge in [0.2, 0.25) is 5.91 Å². The minimum absolute atomic E-state index is 0.00681. The number of amides is 1. The standard InChI is InChI=1S/C26H23F3N2O4/c1-35-25(34)23(17-32)31(16-19-2-7-20(8-3-19)21-12-14-30-15-13-21)24(33)11-6-18-4-9-22(10-5-18)26(27,28)29/h2-15,23,32H,16-17H2,1H3/t23-/m0/s1. The average Bonchev–Trinajstić information content (AvgIpc) is 2.87. The summed E-state index contributed by atoms with van der Waals surface area (Å²) in [6, 6.07) is 14.1. The van der Waals surface area contributed by atoms with Crippen molar-refractivity contribution in [3.8, 4) is 11.1 Å². The first-order valence-electron chi connectivity index (χ1n) is 10.6. The van der Waals surface area contributed by atoms with Crippen molar-refractivity contribution < 1.29 is 32.6 Å². The highest BCUT2D eigenvalue weighted by Gasteiger charge is 2.30. The maximum atomic E-state index is 13.0. The van der Waals surface area contributed by atoms with Gasteiger partial charge in [0.15, 0.2) is 6.04 Å². The number of rotatable bonds is 8. The van der Waals surface area contributed by atoms with Gasteiger partial charge in [-0.15, -0.1) is 0 Å². The third-order valence-corrected chi connectivity index (χ3v) is 5.28. The topological polar surface area (TPSA) is 79.7 Å². The summed E-state index contributed by atoms with van der Waals surface area (Å²) in [5.74, 6) is -1.41. The highest BCUT2D eigenvalue weighted by Crippen LogP contribution is 2.29. The van der Waals surface area contributed by atoms with E-state index < -0.39 is 36.3 Å². The van der Waals surface area contributed by atoms with Gasteiger partial charge >= 0.3 is 12.1 Å². The van der Waals surface area contributed by atoms with E-state index in [-0.39, 0.29) is 6.54 Å².